The Morgan fingerprint density at radius 2 is 1.94 bits per heavy atom. The van der Waals surface area contributed by atoms with Crippen LogP contribution in [0.3, 0.4) is 0 Å². The Bertz CT molecular complexity index is 336. The van der Waals surface area contributed by atoms with Gasteiger partial charge in [-0.25, -0.2) is 4.39 Å². The van der Waals surface area contributed by atoms with E-state index in [9.17, 15) is 4.39 Å². The van der Waals surface area contributed by atoms with Crippen LogP contribution in [-0.4, -0.2) is 32.1 Å². The molecule has 0 saturated heterocycles. The number of benzene rings is 1. The normalized spacial score (nSPS) is 12.1. The van der Waals surface area contributed by atoms with Crippen molar-refractivity contribution in [2.24, 2.45) is 0 Å². The van der Waals surface area contributed by atoms with Gasteiger partial charge in [-0.05, 0) is 34.0 Å². The fourth-order valence-corrected chi connectivity index (χ4v) is 1.72. The first-order valence-electron chi connectivity index (χ1n) is 5.61. The van der Waals surface area contributed by atoms with Crippen molar-refractivity contribution < 1.29 is 4.39 Å². The van der Waals surface area contributed by atoms with Gasteiger partial charge in [0.25, 0.3) is 0 Å². The Hall–Kier alpha value is -0.930. The molecule has 0 bridgehead atoms. The van der Waals surface area contributed by atoms with Crippen LogP contribution < -0.4 is 5.32 Å². The Kier molecular flexibility index (Phi) is 4.44. The lowest BCUT2D eigenvalue weighted by molar-refractivity contribution is 0.154. The molecule has 0 heterocycles. The summed E-state index contributed by atoms with van der Waals surface area (Å²) < 4.78 is 13.7. The molecule has 0 atom stereocenters. The summed E-state index contributed by atoms with van der Waals surface area (Å²) in [5.74, 6) is -0.135. The highest BCUT2D eigenvalue weighted by molar-refractivity contribution is 5.24. The van der Waals surface area contributed by atoms with Gasteiger partial charge in [0, 0.05) is 24.2 Å². The Morgan fingerprint density at radius 3 is 2.50 bits per heavy atom. The molecule has 0 aliphatic heterocycles. The number of nitrogens with one attached hydrogen (secondary N) is 1. The monoisotopic (exact) mass is 224 g/mol. The number of hydrogen-bond acceptors (Lipinski definition) is 2. The van der Waals surface area contributed by atoms with E-state index >= 15 is 0 Å². The number of hydrogen-bond donors (Lipinski definition) is 1. The zero-order valence-corrected chi connectivity index (χ0v) is 10.5. The molecule has 3 heteroatoms. The largest absolute Gasteiger partial charge is 0.318 e. The van der Waals surface area contributed by atoms with Crippen molar-refractivity contribution in [3.8, 4) is 0 Å². The van der Waals surface area contributed by atoms with E-state index in [1.807, 2.05) is 40.1 Å². The van der Waals surface area contributed by atoms with E-state index < -0.39 is 0 Å². The fraction of sp³-hybridized carbons (Fsp3) is 0.538. The van der Waals surface area contributed by atoms with Gasteiger partial charge >= 0.3 is 0 Å². The van der Waals surface area contributed by atoms with E-state index in [4.69, 9.17) is 0 Å². The van der Waals surface area contributed by atoms with E-state index in [1.165, 1.54) is 6.07 Å². The molecule has 16 heavy (non-hydrogen) atoms. The van der Waals surface area contributed by atoms with Crippen molar-refractivity contribution in [2.45, 2.75) is 19.4 Å². The average Bonchev–Trinajstić information content (AvgIpc) is 2.26. The number of nitrogens with zero attached hydrogens (tertiary/aromatic N) is 1. The SMILES string of the molecule is CNCCN(C)C(C)(C)c1ccccc1F. The summed E-state index contributed by atoms with van der Waals surface area (Å²) in [5, 5.41) is 3.10. The first-order chi connectivity index (χ1) is 7.50. The Balaban J connectivity index is 2.88. The molecule has 0 spiro atoms. The maximum Gasteiger partial charge on any atom is 0.128 e. The minimum absolute atomic E-state index is 0.135. The van der Waals surface area contributed by atoms with E-state index in [-0.39, 0.29) is 11.4 Å². The number of likely N-dealkylation sites (N-methyl/N-ethyl adjacent to an activating group) is 2. The molecule has 0 fully saturated rings. The maximum absolute atomic E-state index is 13.7. The Labute approximate surface area is 97.5 Å². The molecule has 1 rings (SSSR count). The van der Waals surface area contributed by atoms with Crippen LogP contribution >= 0.6 is 0 Å². The molecule has 0 amide bonds. The molecule has 1 aromatic carbocycles. The molecule has 0 aliphatic carbocycles. The topological polar surface area (TPSA) is 15.3 Å². The lowest BCUT2D eigenvalue weighted by atomic mass is 9.92. The van der Waals surface area contributed by atoms with Crippen molar-refractivity contribution in [3.05, 3.63) is 35.6 Å². The highest BCUT2D eigenvalue weighted by Gasteiger charge is 2.27. The molecular formula is C13H21FN2. The molecule has 0 aliphatic rings. The zero-order chi connectivity index (χ0) is 12.2. The second-order valence-corrected chi connectivity index (χ2v) is 4.56. The minimum atomic E-state index is -0.289. The predicted molar refractivity (Wildman–Crippen MR) is 66.0 cm³/mol. The van der Waals surface area contributed by atoms with Crippen LogP contribution in [0.5, 0.6) is 0 Å². The number of halogens is 1. The van der Waals surface area contributed by atoms with Gasteiger partial charge in [-0.3, -0.25) is 4.90 Å². The summed E-state index contributed by atoms with van der Waals surface area (Å²) in [7, 11) is 3.94. The van der Waals surface area contributed by atoms with Crippen molar-refractivity contribution >= 4 is 0 Å². The van der Waals surface area contributed by atoms with Crippen LogP contribution in [0.15, 0.2) is 24.3 Å². The minimum Gasteiger partial charge on any atom is -0.318 e. The second kappa shape index (κ2) is 5.41. The Morgan fingerprint density at radius 1 is 1.31 bits per heavy atom. The molecule has 0 aromatic heterocycles. The molecule has 0 radical (unpaired) electrons. The van der Waals surface area contributed by atoms with Crippen molar-refractivity contribution in [2.75, 3.05) is 27.2 Å². The van der Waals surface area contributed by atoms with Gasteiger partial charge in [-0.15, -0.1) is 0 Å². The quantitative estimate of drug-likeness (QED) is 0.825. The van der Waals surface area contributed by atoms with Gasteiger partial charge in [0.1, 0.15) is 5.82 Å². The highest BCUT2D eigenvalue weighted by atomic mass is 19.1. The zero-order valence-electron chi connectivity index (χ0n) is 10.5. The summed E-state index contributed by atoms with van der Waals surface area (Å²) in [6.07, 6.45) is 0. The van der Waals surface area contributed by atoms with E-state index in [1.54, 1.807) is 6.07 Å². The van der Waals surface area contributed by atoms with Gasteiger partial charge in [0.05, 0.1) is 0 Å². The van der Waals surface area contributed by atoms with Gasteiger partial charge in [0.2, 0.25) is 0 Å². The van der Waals surface area contributed by atoms with Gasteiger partial charge in [-0.2, -0.15) is 0 Å². The molecular weight excluding hydrogens is 203 g/mol. The second-order valence-electron chi connectivity index (χ2n) is 4.56. The molecule has 0 saturated carbocycles. The maximum atomic E-state index is 13.7. The molecule has 1 N–H and O–H groups in total. The van der Waals surface area contributed by atoms with Crippen LogP contribution in [0.1, 0.15) is 19.4 Å². The molecule has 1 aromatic rings. The summed E-state index contributed by atoms with van der Waals surface area (Å²) in [4.78, 5) is 2.15. The number of rotatable bonds is 5. The smallest absolute Gasteiger partial charge is 0.128 e. The van der Waals surface area contributed by atoms with E-state index in [0.29, 0.717) is 0 Å². The fourth-order valence-electron chi connectivity index (χ4n) is 1.72. The van der Waals surface area contributed by atoms with Crippen LogP contribution in [0.2, 0.25) is 0 Å². The highest BCUT2D eigenvalue weighted by Crippen LogP contribution is 2.28. The lowest BCUT2D eigenvalue weighted by Crippen LogP contribution is -2.42. The third-order valence-electron chi connectivity index (χ3n) is 3.18. The van der Waals surface area contributed by atoms with Crippen molar-refractivity contribution in [1.29, 1.82) is 0 Å². The standard InChI is InChI=1S/C13H21FN2/c1-13(2,16(4)10-9-15-3)11-7-5-6-8-12(11)14/h5-8,15H,9-10H2,1-4H3. The third-order valence-corrected chi connectivity index (χ3v) is 3.18. The molecule has 0 unspecified atom stereocenters. The molecule has 2 nitrogen and oxygen atoms in total. The molecule has 90 valence electrons. The van der Waals surface area contributed by atoms with Crippen molar-refractivity contribution in [3.63, 3.8) is 0 Å². The van der Waals surface area contributed by atoms with Gasteiger partial charge in [0.15, 0.2) is 0 Å². The first kappa shape index (κ1) is 13.1. The summed E-state index contributed by atoms with van der Waals surface area (Å²) in [6.45, 7) is 5.87. The third kappa shape index (κ3) is 2.80. The van der Waals surface area contributed by atoms with Crippen LogP contribution in [-0.2, 0) is 5.54 Å². The van der Waals surface area contributed by atoms with E-state index in [0.717, 1.165) is 18.7 Å². The van der Waals surface area contributed by atoms with E-state index in [2.05, 4.69) is 10.2 Å². The lowest BCUT2D eigenvalue weighted by Gasteiger charge is -2.36. The van der Waals surface area contributed by atoms with Crippen LogP contribution in [0.4, 0.5) is 4.39 Å². The summed E-state index contributed by atoms with van der Waals surface area (Å²) >= 11 is 0. The van der Waals surface area contributed by atoms with Crippen LogP contribution in [0, 0.1) is 5.82 Å². The summed E-state index contributed by atoms with van der Waals surface area (Å²) in [6, 6.07) is 6.97. The van der Waals surface area contributed by atoms with Crippen LogP contribution in [0.25, 0.3) is 0 Å². The average molecular weight is 224 g/mol. The predicted octanol–water partition coefficient (Wildman–Crippen LogP) is 2.21. The van der Waals surface area contributed by atoms with Gasteiger partial charge in [-0.1, -0.05) is 18.2 Å². The summed E-state index contributed by atoms with van der Waals surface area (Å²) in [5.41, 5.74) is 0.455. The van der Waals surface area contributed by atoms with Gasteiger partial charge < -0.3 is 5.32 Å². The first-order valence-corrected chi connectivity index (χ1v) is 5.61. The van der Waals surface area contributed by atoms with Crippen molar-refractivity contribution in [1.82, 2.24) is 10.2 Å².